The minimum atomic E-state index is -1.01. The molecule has 1 amide bonds. The summed E-state index contributed by atoms with van der Waals surface area (Å²) in [7, 11) is 1.65. The lowest BCUT2D eigenvalue weighted by atomic mass is 9.80. The number of carbonyl (C=O) groups excluding carboxylic acids is 1. The Bertz CT molecular complexity index is 744. The van der Waals surface area contributed by atoms with E-state index in [9.17, 15) is 14.7 Å². The Morgan fingerprint density at radius 1 is 1.21 bits per heavy atom. The first-order chi connectivity index (χ1) is 11.5. The van der Waals surface area contributed by atoms with Gasteiger partial charge in [0.1, 0.15) is 5.54 Å². The SMILES string of the molecule is CN(C(=O)CCc1ccc2[nH]ccc2c1)C1(C(=O)O)CCCCC1. The second kappa shape index (κ2) is 6.67. The highest BCUT2D eigenvalue weighted by molar-refractivity contribution is 5.87. The summed E-state index contributed by atoms with van der Waals surface area (Å²) in [5.74, 6) is -0.958. The van der Waals surface area contributed by atoms with E-state index in [0.717, 1.165) is 35.7 Å². The third-order valence-electron chi connectivity index (χ3n) is 5.34. The number of rotatable bonds is 5. The van der Waals surface area contributed by atoms with Gasteiger partial charge in [-0.2, -0.15) is 0 Å². The number of H-pyrrole nitrogens is 1. The lowest BCUT2D eigenvalue weighted by Gasteiger charge is -2.41. The van der Waals surface area contributed by atoms with Gasteiger partial charge in [-0.25, -0.2) is 4.79 Å². The number of nitrogens with one attached hydrogen (secondary N) is 1. The predicted molar refractivity (Wildman–Crippen MR) is 92.8 cm³/mol. The number of aryl methyl sites for hydroxylation is 1. The van der Waals surface area contributed by atoms with Crippen molar-refractivity contribution in [3.05, 3.63) is 36.0 Å². The average molecular weight is 328 g/mol. The van der Waals surface area contributed by atoms with Crippen molar-refractivity contribution in [2.75, 3.05) is 7.05 Å². The Morgan fingerprint density at radius 2 is 1.96 bits per heavy atom. The van der Waals surface area contributed by atoms with E-state index in [1.54, 1.807) is 7.05 Å². The third-order valence-corrected chi connectivity index (χ3v) is 5.34. The van der Waals surface area contributed by atoms with Gasteiger partial charge in [0.2, 0.25) is 5.91 Å². The van der Waals surface area contributed by atoms with Crippen molar-refractivity contribution in [2.24, 2.45) is 0 Å². The van der Waals surface area contributed by atoms with E-state index in [0.29, 0.717) is 25.7 Å². The lowest BCUT2D eigenvalue weighted by molar-refractivity contribution is -0.160. The molecule has 24 heavy (non-hydrogen) atoms. The molecule has 1 saturated carbocycles. The summed E-state index contributed by atoms with van der Waals surface area (Å²) >= 11 is 0. The van der Waals surface area contributed by atoms with E-state index in [-0.39, 0.29) is 5.91 Å². The molecule has 0 bridgehead atoms. The van der Waals surface area contributed by atoms with Crippen molar-refractivity contribution in [3.63, 3.8) is 0 Å². The standard InChI is InChI=1S/C19H24N2O3/c1-21(19(18(23)24)10-3-2-4-11-19)17(22)8-6-14-5-7-16-15(13-14)9-12-20-16/h5,7,9,12-13,20H,2-4,6,8,10-11H2,1H3,(H,23,24). The van der Waals surface area contributed by atoms with Gasteiger partial charge in [-0.15, -0.1) is 0 Å². The summed E-state index contributed by atoms with van der Waals surface area (Å²) in [6.07, 6.45) is 6.75. The van der Waals surface area contributed by atoms with Gasteiger partial charge in [0, 0.05) is 25.2 Å². The number of aromatic nitrogens is 1. The maximum atomic E-state index is 12.6. The zero-order chi connectivity index (χ0) is 17.2. The molecule has 0 atom stereocenters. The molecular weight excluding hydrogens is 304 g/mol. The molecule has 0 spiro atoms. The fraction of sp³-hybridized carbons (Fsp3) is 0.474. The zero-order valence-corrected chi connectivity index (χ0v) is 14.0. The smallest absolute Gasteiger partial charge is 0.329 e. The molecule has 5 nitrogen and oxygen atoms in total. The monoisotopic (exact) mass is 328 g/mol. The van der Waals surface area contributed by atoms with E-state index in [1.807, 2.05) is 24.4 Å². The highest BCUT2D eigenvalue weighted by atomic mass is 16.4. The van der Waals surface area contributed by atoms with Crippen LogP contribution in [-0.2, 0) is 16.0 Å². The van der Waals surface area contributed by atoms with Crippen LogP contribution in [0.4, 0.5) is 0 Å². The largest absolute Gasteiger partial charge is 0.479 e. The Labute approximate surface area is 141 Å². The van der Waals surface area contributed by atoms with Crippen molar-refractivity contribution in [2.45, 2.75) is 50.5 Å². The van der Waals surface area contributed by atoms with E-state index < -0.39 is 11.5 Å². The quantitative estimate of drug-likeness (QED) is 0.884. The maximum Gasteiger partial charge on any atom is 0.329 e. The molecule has 1 aromatic carbocycles. The minimum Gasteiger partial charge on any atom is -0.479 e. The zero-order valence-electron chi connectivity index (χ0n) is 14.0. The highest BCUT2D eigenvalue weighted by Crippen LogP contribution is 2.33. The molecule has 5 heteroatoms. The van der Waals surface area contributed by atoms with Crippen LogP contribution in [0.1, 0.15) is 44.1 Å². The molecule has 0 saturated heterocycles. The molecular formula is C19H24N2O3. The number of amides is 1. The van der Waals surface area contributed by atoms with Crippen molar-refractivity contribution < 1.29 is 14.7 Å². The number of benzene rings is 1. The van der Waals surface area contributed by atoms with Crippen LogP contribution >= 0.6 is 0 Å². The number of hydrogen-bond acceptors (Lipinski definition) is 2. The third kappa shape index (κ3) is 3.03. The van der Waals surface area contributed by atoms with Crippen LogP contribution in [0.15, 0.2) is 30.5 Å². The Balaban J connectivity index is 1.67. The maximum absolute atomic E-state index is 12.6. The van der Waals surface area contributed by atoms with Crippen molar-refractivity contribution in [3.8, 4) is 0 Å². The van der Waals surface area contributed by atoms with Crippen LogP contribution in [0, 0.1) is 0 Å². The first-order valence-electron chi connectivity index (χ1n) is 8.59. The molecule has 1 aliphatic rings. The van der Waals surface area contributed by atoms with Crippen LogP contribution in [0.3, 0.4) is 0 Å². The minimum absolute atomic E-state index is 0.0894. The summed E-state index contributed by atoms with van der Waals surface area (Å²) in [5.41, 5.74) is 1.16. The topological polar surface area (TPSA) is 73.4 Å². The number of aliphatic carboxylic acids is 1. The van der Waals surface area contributed by atoms with Crippen LogP contribution in [0.25, 0.3) is 10.9 Å². The molecule has 0 aliphatic heterocycles. The van der Waals surface area contributed by atoms with Gasteiger partial charge in [0.25, 0.3) is 0 Å². The number of likely N-dealkylation sites (N-methyl/N-ethyl adjacent to an activating group) is 1. The van der Waals surface area contributed by atoms with E-state index in [2.05, 4.69) is 11.1 Å². The Kier molecular flexibility index (Phi) is 4.60. The van der Waals surface area contributed by atoms with Crippen LogP contribution in [-0.4, -0.2) is 39.5 Å². The normalized spacial score (nSPS) is 16.9. The Morgan fingerprint density at radius 3 is 2.67 bits per heavy atom. The number of hydrogen-bond donors (Lipinski definition) is 2. The van der Waals surface area contributed by atoms with Gasteiger partial charge in [-0.1, -0.05) is 25.3 Å². The summed E-state index contributed by atoms with van der Waals surface area (Å²) < 4.78 is 0. The molecule has 1 aliphatic carbocycles. The predicted octanol–water partition coefficient (Wildman–Crippen LogP) is 3.35. The number of aromatic amines is 1. The average Bonchev–Trinajstić information content (AvgIpc) is 3.07. The molecule has 0 unspecified atom stereocenters. The van der Waals surface area contributed by atoms with Gasteiger partial charge in [-0.05, 0) is 48.4 Å². The number of fused-ring (bicyclic) bond motifs is 1. The van der Waals surface area contributed by atoms with Gasteiger partial charge < -0.3 is 15.0 Å². The van der Waals surface area contributed by atoms with Gasteiger partial charge in [-0.3, -0.25) is 4.79 Å². The molecule has 1 fully saturated rings. The van der Waals surface area contributed by atoms with Crippen molar-refractivity contribution in [1.29, 1.82) is 0 Å². The summed E-state index contributed by atoms with van der Waals surface area (Å²) in [5, 5.41) is 10.8. The van der Waals surface area contributed by atoms with Crippen LogP contribution in [0.5, 0.6) is 0 Å². The van der Waals surface area contributed by atoms with Crippen LogP contribution in [0.2, 0.25) is 0 Å². The number of carboxylic acids is 1. The second-order valence-electron chi connectivity index (χ2n) is 6.75. The first-order valence-corrected chi connectivity index (χ1v) is 8.59. The van der Waals surface area contributed by atoms with Crippen LogP contribution < -0.4 is 0 Å². The number of carbonyl (C=O) groups is 2. The highest BCUT2D eigenvalue weighted by Gasteiger charge is 2.45. The van der Waals surface area contributed by atoms with E-state index >= 15 is 0 Å². The van der Waals surface area contributed by atoms with Gasteiger partial charge in [0.15, 0.2) is 0 Å². The van der Waals surface area contributed by atoms with Crippen molar-refractivity contribution >= 4 is 22.8 Å². The number of carboxylic acid groups (broad SMARTS) is 1. The number of nitrogens with zero attached hydrogens (tertiary/aromatic N) is 1. The Hall–Kier alpha value is -2.30. The molecule has 2 aromatic rings. The summed E-state index contributed by atoms with van der Waals surface area (Å²) in [6, 6.07) is 8.11. The molecule has 0 radical (unpaired) electrons. The molecule has 1 heterocycles. The summed E-state index contributed by atoms with van der Waals surface area (Å²) in [6.45, 7) is 0. The first kappa shape index (κ1) is 16.6. The molecule has 128 valence electrons. The van der Waals surface area contributed by atoms with Gasteiger partial charge in [0.05, 0.1) is 0 Å². The second-order valence-corrected chi connectivity index (χ2v) is 6.75. The van der Waals surface area contributed by atoms with Gasteiger partial charge >= 0.3 is 5.97 Å². The van der Waals surface area contributed by atoms with E-state index in [1.165, 1.54) is 4.90 Å². The fourth-order valence-electron chi connectivity index (χ4n) is 3.75. The fourth-order valence-corrected chi connectivity index (χ4v) is 3.75. The van der Waals surface area contributed by atoms with Crippen molar-refractivity contribution in [1.82, 2.24) is 9.88 Å². The lowest BCUT2D eigenvalue weighted by Crippen LogP contribution is -2.56. The molecule has 2 N–H and O–H groups in total. The summed E-state index contributed by atoms with van der Waals surface area (Å²) in [4.78, 5) is 29.1. The molecule has 1 aromatic heterocycles. The molecule has 3 rings (SSSR count). The van der Waals surface area contributed by atoms with E-state index in [4.69, 9.17) is 0 Å².